The lowest BCUT2D eigenvalue weighted by Crippen LogP contribution is -2.22. The number of nitrogens with zero attached hydrogens (tertiary/aromatic N) is 3. The second-order valence-electron chi connectivity index (χ2n) is 10.7. The molecule has 0 saturated carbocycles. The summed E-state index contributed by atoms with van der Waals surface area (Å²) in [6.07, 6.45) is -0.713. The minimum atomic E-state index is -1.17. The average molecular weight is 856 g/mol. The summed E-state index contributed by atoms with van der Waals surface area (Å²) in [4.78, 5) is 108. The van der Waals surface area contributed by atoms with Gasteiger partial charge in [0.25, 0.3) is 10.5 Å². The van der Waals surface area contributed by atoms with Gasteiger partial charge in [-0.2, -0.15) is 0 Å². The van der Waals surface area contributed by atoms with E-state index in [4.69, 9.17) is 57.5 Å². The number of hydrogen-bond donors (Lipinski definition) is 3. The third kappa shape index (κ3) is 15.3. The Labute approximate surface area is 333 Å². The van der Waals surface area contributed by atoms with Crippen molar-refractivity contribution in [3.8, 4) is 0 Å². The Morgan fingerprint density at radius 3 is 1.36 bits per heavy atom. The van der Waals surface area contributed by atoms with E-state index in [-0.39, 0.29) is 73.4 Å². The molecule has 3 saturated heterocycles. The molecular formula is C33H27Cl2N3O20. The zero-order valence-electron chi connectivity index (χ0n) is 29.1. The molecule has 58 heavy (non-hydrogen) atoms. The van der Waals surface area contributed by atoms with Crippen LogP contribution in [0.3, 0.4) is 0 Å². The van der Waals surface area contributed by atoms with Gasteiger partial charge in [0.15, 0.2) is 18.3 Å². The van der Waals surface area contributed by atoms with Crippen LogP contribution in [0.2, 0.25) is 0 Å². The summed E-state index contributed by atoms with van der Waals surface area (Å²) in [5, 5.41) is 23.9. The van der Waals surface area contributed by atoms with E-state index >= 15 is 0 Å². The van der Waals surface area contributed by atoms with Crippen molar-refractivity contribution in [1.29, 1.82) is 0 Å². The number of hydrogen-bond acceptors (Lipinski definition) is 21. The number of aromatic carboxylic acids is 2. The second-order valence-corrected chi connectivity index (χ2v) is 11.4. The SMILES string of the molecule is O=C(Cl)c1ccc(C(=O)Cl)nc1.O=C(O)c1ccc(C(=O)O)nc1.O=C1OCC(CO)O1.O=C1OCC(COC(=O)c2ccc(C(=O)OCC3COC(=O)O3)nc2)O1. The number of cyclic esters (lactones) is 6. The van der Waals surface area contributed by atoms with Gasteiger partial charge in [0, 0.05) is 18.6 Å². The van der Waals surface area contributed by atoms with E-state index in [0.29, 0.717) is 0 Å². The van der Waals surface area contributed by atoms with Gasteiger partial charge in [-0.3, -0.25) is 14.6 Å². The summed E-state index contributed by atoms with van der Waals surface area (Å²) < 4.78 is 37.2. The molecule has 3 fully saturated rings. The molecule has 3 aromatic heterocycles. The number of halogens is 2. The summed E-state index contributed by atoms with van der Waals surface area (Å²) in [7, 11) is 0. The van der Waals surface area contributed by atoms with Crippen molar-refractivity contribution in [2.24, 2.45) is 0 Å². The molecule has 3 atom stereocenters. The number of ether oxygens (including phenoxy) is 8. The third-order valence-corrected chi connectivity index (χ3v) is 7.00. The minimum absolute atomic E-state index is 0.00562. The number of carboxylic acids is 2. The van der Waals surface area contributed by atoms with Gasteiger partial charge >= 0.3 is 42.3 Å². The fraction of sp³-hybridized carbons (Fsp3) is 0.273. The molecule has 23 nitrogen and oxygen atoms in total. The highest BCUT2D eigenvalue weighted by Crippen LogP contribution is 2.11. The molecule has 0 bridgehead atoms. The van der Waals surface area contributed by atoms with E-state index < -0.39 is 71.1 Å². The van der Waals surface area contributed by atoms with Gasteiger partial charge < -0.3 is 53.2 Å². The monoisotopic (exact) mass is 855 g/mol. The van der Waals surface area contributed by atoms with E-state index in [1.165, 1.54) is 36.5 Å². The molecule has 0 spiro atoms. The predicted octanol–water partition coefficient (Wildman–Crippen LogP) is 2.30. The lowest BCUT2D eigenvalue weighted by Gasteiger charge is -2.09. The fourth-order valence-corrected chi connectivity index (χ4v) is 3.98. The van der Waals surface area contributed by atoms with Gasteiger partial charge in [-0.15, -0.1) is 0 Å². The van der Waals surface area contributed by atoms with Crippen LogP contribution in [0, 0.1) is 0 Å². The van der Waals surface area contributed by atoms with Crippen LogP contribution in [0.5, 0.6) is 0 Å². The molecule has 0 aromatic carbocycles. The van der Waals surface area contributed by atoms with Crippen LogP contribution in [0.15, 0.2) is 55.0 Å². The molecule has 0 aliphatic carbocycles. The molecule has 3 unspecified atom stereocenters. The Balaban J connectivity index is 0.000000234. The van der Waals surface area contributed by atoms with Crippen LogP contribution in [-0.4, -0.2) is 141 Å². The van der Waals surface area contributed by atoms with Crippen molar-refractivity contribution < 1.29 is 96.4 Å². The summed E-state index contributed by atoms with van der Waals surface area (Å²) in [6.45, 7) is -0.294. The van der Waals surface area contributed by atoms with Crippen molar-refractivity contribution in [2.45, 2.75) is 18.3 Å². The Hall–Kier alpha value is -6.98. The summed E-state index contributed by atoms with van der Waals surface area (Å²) in [5.41, 5.74) is 0.200. The number of carbonyl (C=O) groups excluding carboxylic acids is 7. The molecule has 3 aliphatic heterocycles. The van der Waals surface area contributed by atoms with Gasteiger partial charge in [-0.25, -0.2) is 43.5 Å². The Morgan fingerprint density at radius 1 is 0.569 bits per heavy atom. The van der Waals surface area contributed by atoms with Crippen molar-refractivity contribution >= 4 is 76.0 Å². The first-order chi connectivity index (χ1) is 27.6. The van der Waals surface area contributed by atoms with Crippen molar-refractivity contribution in [2.75, 3.05) is 39.6 Å². The molecule has 25 heteroatoms. The second kappa shape index (κ2) is 22.5. The summed E-state index contributed by atoms with van der Waals surface area (Å²) >= 11 is 10.3. The lowest BCUT2D eigenvalue weighted by molar-refractivity contribution is 0.0287. The average Bonchev–Trinajstić information content (AvgIpc) is 3.97. The van der Waals surface area contributed by atoms with Crippen LogP contribution in [0.1, 0.15) is 62.5 Å². The highest BCUT2D eigenvalue weighted by molar-refractivity contribution is 6.68. The van der Waals surface area contributed by atoms with Crippen LogP contribution in [0.4, 0.5) is 14.4 Å². The molecule has 3 N–H and O–H groups in total. The lowest BCUT2D eigenvalue weighted by atomic mass is 10.2. The first kappa shape index (κ1) is 45.4. The van der Waals surface area contributed by atoms with Gasteiger partial charge in [0.2, 0.25) is 0 Å². The number of aliphatic hydroxyl groups is 1. The molecule has 6 heterocycles. The summed E-state index contributed by atoms with van der Waals surface area (Å²) in [5.74, 6) is -3.75. The molecule has 3 aromatic rings. The van der Waals surface area contributed by atoms with Gasteiger partial charge in [0.1, 0.15) is 50.1 Å². The number of esters is 2. The predicted molar refractivity (Wildman–Crippen MR) is 183 cm³/mol. The molecular weight excluding hydrogens is 829 g/mol. The molecule has 0 radical (unpaired) electrons. The van der Waals surface area contributed by atoms with Crippen molar-refractivity contribution in [1.82, 2.24) is 15.0 Å². The van der Waals surface area contributed by atoms with E-state index in [9.17, 15) is 43.2 Å². The summed E-state index contributed by atoms with van der Waals surface area (Å²) in [6, 6.07) is 7.68. The fourth-order valence-electron chi connectivity index (χ4n) is 3.75. The Bertz CT molecular complexity index is 1780. The quantitative estimate of drug-likeness (QED) is 0.141. The maximum atomic E-state index is 11.9. The van der Waals surface area contributed by atoms with Crippen molar-refractivity contribution in [3.63, 3.8) is 0 Å². The van der Waals surface area contributed by atoms with E-state index in [2.05, 4.69) is 33.9 Å². The largest absolute Gasteiger partial charge is 0.508 e. The van der Waals surface area contributed by atoms with E-state index in [1.54, 1.807) is 0 Å². The van der Waals surface area contributed by atoms with Gasteiger partial charge in [-0.1, -0.05) is 0 Å². The Morgan fingerprint density at radius 2 is 1.00 bits per heavy atom. The highest BCUT2D eigenvalue weighted by atomic mass is 35.5. The standard InChI is InChI=1S/C15H13NO10.C7H3Cl2NO2.C7H5NO4.C4H6O4/c17-12(21-4-9-6-23-14(19)25-9)8-1-2-11(16-3-8)13(18)22-5-10-7-24-15(20)26-10;8-6(11)4-1-2-5(7(9)12)10-3-4;9-6(10)4-1-2-5(7(11)12)8-3-4;5-1-3-2-7-4(6)8-3/h1-3,9-10H,4-7H2;1-3H;1-3H,(H,9,10)(H,11,12);3,5H,1-2H2. The number of aromatic nitrogens is 3. The number of carboxylic acid groups (broad SMARTS) is 2. The zero-order valence-corrected chi connectivity index (χ0v) is 30.6. The van der Waals surface area contributed by atoms with Crippen molar-refractivity contribution in [3.05, 3.63) is 88.8 Å². The first-order valence-electron chi connectivity index (χ1n) is 15.8. The third-order valence-electron chi connectivity index (χ3n) is 6.58. The zero-order chi connectivity index (χ0) is 42.8. The molecule has 308 valence electrons. The number of carbonyl (C=O) groups is 9. The number of rotatable bonds is 11. The van der Waals surface area contributed by atoms with Crippen LogP contribution < -0.4 is 0 Å². The molecule has 6 rings (SSSR count). The highest BCUT2D eigenvalue weighted by Gasteiger charge is 2.28. The van der Waals surface area contributed by atoms with Gasteiger partial charge in [0.05, 0.1) is 23.3 Å². The number of aliphatic hydroxyl groups excluding tert-OH is 1. The minimum Gasteiger partial charge on any atom is -0.478 e. The van der Waals surface area contributed by atoms with Crippen LogP contribution in [0.25, 0.3) is 0 Å². The Kier molecular flexibility index (Phi) is 17.6. The van der Waals surface area contributed by atoms with Crippen LogP contribution >= 0.6 is 23.2 Å². The van der Waals surface area contributed by atoms with Gasteiger partial charge in [-0.05, 0) is 59.6 Å². The van der Waals surface area contributed by atoms with E-state index in [0.717, 1.165) is 18.5 Å². The normalized spacial score (nSPS) is 17.2. The van der Waals surface area contributed by atoms with E-state index in [1.807, 2.05) is 0 Å². The molecule has 0 amide bonds. The topological polar surface area (TPSA) is 327 Å². The first-order valence-corrected chi connectivity index (χ1v) is 16.5. The maximum Gasteiger partial charge on any atom is 0.508 e. The van der Waals surface area contributed by atoms with Crippen LogP contribution in [-0.2, 0) is 37.9 Å². The molecule has 3 aliphatic rings. The number of pyridine rings is 3. The smallest absolute Gasteiger partial charge is 0.478 e. The maximum absolute atomic E-state index is 11.9.